The Kier molecular flexibility index (Phi) is 4.09. The third kappa shape index (κ3) is 2.91. The lowest BCUT2D eigenvalue weighted by Crippen LogP contribution is -2.38. The van der Waals surface area contributed by atoms with Crippen molar-refractivity contribution in [3.8, 4) is 11.9 Å². The molecule has 2 aliphatic rings. The monoisotopic (exact) mass is 353 g/mol. The number of ether oxygens (including phenoxy) is 2. The highest BCUT2D eigenvalue weighted by molar-refractivity contribution is 5.92. The van der Waals surface area contributed by atoms with Crippen LogP contribution in [-0.4, -0.2) is 58.5 Å². The number of hydrogen-bond acceptors (Lipinski definition) is 6. The van der Waals surface area contributed by atoms with Gasteiger partial charge in [-0.3, -0.25) is 9.48 Å². The normalized spacial score (nSPS) is 24.3. The van der Waals surface area contributed by atoms with E-state index in [4.69, 9.17) is 14.7 Å². The molecule has 2 atom stereocenters. The second-order valence-corrected chi connectivity index (χ2v) is 6.92. The van der Waals surface area contributed by atoms with Gasteiger partial charge in [-0.1, -0.05) is 0 Å². The maximum atomic E-state index is 12.7. The first-order chi connectivity index (χ1) is 12.6. The zero-order valence-corrected chi connectivity index (χ0v) is 14.5. The van der Waals surface area contributed by atoms with Crippen molar-refractivity contribution in [1.82, 2.24) is 19.7 Å². The van der Waals surface area contributed by atoms with E-state index in [2.05, 4.69) is 10.1 Å². The molecule has 0 aromatic carbocycles. The first kappa shape index (κ1) is 16.5. The van der Waals surface area contributed by atoms with Gasteiger partial charge >= 0.3 is 0 Å². The van der Waals surface area contributed by atoms with Gasteiger partial charge in [0.05, 0.1) is 30.8 Å². The van der Waals surface area contributed by atoms with E-state index in [1.165, 1.54) is 6.20 Å². The van der Waals surface area contributed by atoms with Crippen molar-refractivity contribution < 1.29 is 14.3 Å². The standard InChI is InChI=1S/C18H19N5O3/c1-22-5-4-15(21-22)17(24)23-8-14-9-25-11-18(14,10-23)12-26-16-3-2-13(6-19)7-20-16/h2-5,7,14H,8-12H2,1H3/t14-,18+/m1/s1. The van der Waals surface area contributed by atoms with Crippen LogP contribution in [0, 0.1) is 22.7 Å². The van der Waals surface area contributed by atoms with E-state index in [9.17, 15) is 4.79 Å². The first-order valence-electron chi connectivity index (χ1n) is 8.45. The second kappa shape index (κ2) is 6.42. The van der Waals surface area contributed by atoms with Gasteiger partial charge in [-0.2, -0.15) is 10.4 Å². The third-order valence-corrected chi connectivity index (χ3v) is 5.11. The second-order valence-electron chi connectivity index (χ2n) is 6.92. The molecule has 0 N–H and O–H groups in total. The highest BCUT2D eigenvalue weighted by Gasteiger charge is 2.52. The SMILES string of the molecule is Cn1ccc(C(=O)N2C[C@@H]3COC[C@]3(COc3ccc(C#N)cn3)C2)n1. The van der Waals surface area contributed by atoms with E-state index >= 15 is 0 Å². The van der Waals surface area contributed by atoms with Crippen LogP contribution in [0.5, 0.6) is 5.88 Å². The summed E-state index contributed by atoms with van der Waals surface area (Å²) in [6, 6.07) is 7.13. The molecule has 0 saturated carbocycles. The number of carbonyl (C=O) groups excluding carboxylic acids is 1. The molecule has 26 heavy (non-hydrogen) atoms. The molecular weight excluding hydrogens is 334 g/mol. The fraction of sp³-hybridized carbons (Fsp3) is 0.444. The summed E-state index contributed by atoms with van der Waals surface area (Å²) in [7, 11) is 1.79. The predicted molar refractivity (Wildman–Crippen MR) is 90.3 cm³/mol. The Hall–Kier alpha value is -2.92. The van der Waals surface area contributed by atoms with Crippen LogP contribution in [0.15, 0.2) is 30.6 Å². The van der Waals surface area contributed by atoms with Gasteiger partial charge in [-0.25, -0.2) is 4.98 Å². The molecule has 1 amide bonds. The van der Waals surface area contributed by atoms with Crippen LogP contribution >= 0.6 is 0 Å². The van der Waals surface area contributed by atoms with Crippen molar-refractivity contribution in [3.63, 3.8) is 0 Å². The predicted octanol–water partition coefficient (Wildman–Crippen LogP) is 0.854. The minimum Gasteiger partial charge on any atom is -0.477 e. The van der Waals surface area contributed by atoms with Crippen LogP contribution in [0.2, 0.25) is 0 Å². The quantitative estimate of drug-likeness (QED) is 0.809. The number of nitriles is 1. The van der Waals surface area contributed by atoms with Crippen LogP contribution in [0.1, 0.15) is 16.1 Å². The van der Waals surface area contributed by atoms with Gasteiger partial charge in [0.15, 0.2) is 0 Å². The molecule has 2 aliphatic heterocycles. The molecule has 0 radical (unpaired) electrons. The number of fused-ring (bicyclic) bond motifs is 1. The molecule has 4 heterocycles. The summed E-state index contributed by atoms with van der Waals surface area (Å²) in [6.07, 6.45) is 3.25. The molecule has 2 aromatic rings. The topological polar surface area (TPSA) is 93.3 Å². The van der Waals surface area contributed by atoms with Crippen molar-refractivity contribution in [3.05, 3.63) is 41.9 Å². The highest BCUT2D eigenvalue weighted by atomic mass is 16.5. The molecule has 4 rings (SSSR count). The number of nitrogens with zero attached hydrogens (tertiary/aromatic N) is 5. The molecule has 2 aromatic heterocycles. The minimum absolute atomic E-state index is 0.0594. The molecule has 134 valence electrons. The van der Waals surface area contributed by atoms with Crippen LogP contribution in [-0.2, 0) is 11.8 Å². The average Bonchev–Trinajstić information content (AvgIpc) is 3.33. The molecule has 8 heteroatoms. The Morgan fingerprint density at radius 3 is 3.08 bits per heavy atom. The Labute approximate surface area is 150 Å². The van der Waals surface area contributed by atoms with E-state index in [0.29, 0.717) is 50.0 Å². The number of aryl methyl sites for hydroxylation is 1. The van der Waals surface area contributed by atoms with Gasteiger partial charge in [0.25, 0.3) is 5.91 Å². The van der Waals surface area contributed by atoms with E-state index < -0.39 is 0 Å². The van der Waals surface area contributed by atoms with Crippen molar-refractivity contribution in [2.45, 2.75) is 0 Å². The molecule has 2 saturated heterocycles. The van der Waals surface area contributed by atoms with Crippen molar-refractivity contribution >= 4 is 5.91 Å². The van der Waals surface area contributed by atoms with Gasteiger partial charge in [0.2, 0.25) is 5.88 Å². The minimum atomic E-state index is -0.236. The van der Waals surface area contributed by atoms with Gasteiger partial charge in [-0.05, 0) is 12.1 Å². The molecule has 0 unspecified atom stereocenters. The number of pyridine rings is 1. The summed E-state index contributed by atoms with van der Waals surface area (Å²) in [4.78, 5) is 18.7. The summed E-state index contributed by atoms with van der Waals surface area (Å²) in [5.74, 6) is 0.642. The van der Waals surface area contributed by atoms with Crippen molar-refractivity contribution in [2.24, 2.45) is 18.4 Å². The van der Waals surface area contributed by atoms with Gasteiger partial charge in [0.1, 0.15) is 11.8 Å². The van der Waals surface area contributed by atoms with Gasteiger partial charge in [0, 0.05) is 44.5 Å². The summed E-state index contributed by atoms with van der Waals surface area (Å²) in [6.45, 7) is 2.81. The van der Waals surface area contributed by atoms with E-state index in [0.717, 1.165) is 0 Å². The largest absolute Gasteiger partial charge is 0.477 e. The van der Waals surface area contributed by atoms with Crippen LogP contribution < -0.4 is 4.74 Å². The summed E-state index contributed by atoms with van der Waals surface area (Å²) >= 11 is 0. The molecule has 0 spiro atoms. The summed E-state index contributed by atoms with van der Waals surface area (Å²) < 4.78 is 13.2. The van der Waals surface area contributed by atoms with Crippen molar-refractivity contribution in [2.75, 3.05) is 32.9 Å². The fourth-order valence-electron chi connectivity index (χ4n) is 3.63. The fourth-order valence-corrected chi connectivity index (χ4v) is 3.63. The Balaban J connectivity index is 1.45. The lowest BCUT2D eigenvalue weighted by molar-refractivity contribution is 0.0650. The van der Waals surface area contributed by atoms with Crippen molar-refractivity contribution in [1.29, 1.82) is 5.26 Å². The maximum Gasteiger partial charge on any atom is 0.274 e. The lowest BCUT2D eigenvalue weighted by Gasteiger charge is -2.26. The Morgan fingerprint density at radius 2 is 2.38 bits per heavy atom. The smallest absolute Gasteiger partial charge is 0.274 e. The van der Waals surface area contributed by atoms with Gasteiger partial charge in [-0.15, -0.1) is 0 Å². The summed E-state index contributed by atoms with van der Waals surface area (Å²) in [5.41, 5.74) is 0.712. The Bertz CT molecular complexity index is 856. The zero-order valence-electron chi connectivity index (χ0n) is 14.5. The number of amides is 1. The highest BCUT2D eigenvalue weighted by Crippen LogP contribution is 2.42. The van der Waals surface area contributed by atoms with Crippen LogP contribution in [0.3, 0.4) is 0 Å². The first-order valence-corrected chi connectivity index (χ1v) is 8.45. The molecule has 8 nitrogen and oxygen atoms in total. The van der Waals surface area contributed by atoms with E-state index in [-0.39, 0.29) is 17.2 Å². The molecule has 2 fully saturated rings. The lowest BCUT2D eigenvalue weighted by atomic mass is 9.82. The third-order valence-electron chi connectivity index (χ3n) is 5.11. The number of carbonyl (C=O) groups is 1. The Morgan fingerprint density at radius 1 is 1.50 bits per heavy atom. The number of likely N-dealkylation sites (tertiary alicyclic amines) is 1. The summed E-state index contributed by atoms with van der Waals surface area (Å²) in [5, 5.41) is 13.0. The van der Waals surface area contributed by atoms with Crippen LogP contribution in [0.4, 0.5) is 0 Å². The maximum absolute atomic E-state index is 12.7. The zero-order chi connectivity index (χ0) is 18.1. The van der Waals surface area contributed by atoms with E-state index in [1.54, 1.807) is 36.1 Å². The number of aromatic nitrogens is 3. The molecular formula is C18H19N5O3. The number of rotatable bonds is 4. The number of hydrogen-bond donors (Lipinski definition) is 0. The van der Waals surface area contributed by atoms with Crippen LogP contribution in [0.25, 0.3) is 0 Å². The molecule has 0 bridgehead atoms. The van der Waals surface area contributed by atoms with Gasteiger partial charge < -0.3 is 14.4 Å². The van der Waals surface area contributed by atoms with E-state index in [1.807, 2.05) is 11.0 Å². The molecule has 0 aliphatic carbocycles. The average molecular weight is 353 g/mol.